The summed E-state index contributed by atoms with van der Waals surface area (Å²) in [7, 11) is 0. The van der Waals surface area contributed by atoms with E-state index in [1.54, 1.807) is 30.3 Å². The zero-order valence-corrected chi connectivity index (χ0v) is 13.6. The molecule has 0 aromatic heterocycles. The average Bonchev–Trinajstić information content (AvgIpc) is 2.55. The highest BCUT2D eigenvalue weighted by molar-refractivity contribution is 5.75. The van der Waals surface area contributed by atoms with Crippen molar-refractivity contribution in [2.75, 3.05) is 0 Å². The van der Waals surface area contributed by atoms with Gasteiger partial charge in [-0.25, -0.2) is 4.79 Å². The fourth-order valence-corrected chi connectivity index (χ4v) is 2.97. The summed E-state index contributed by atoms with van der Waals surface area (Å²) in [5.74, 6) is -1.31. The molecule has 0 spiro atoms. The minimum Gasteiger partial charge on any atom is -0.481 e. The lowest BCUT2D eigenvalue weighted by Crippen LogP contribution is -2.53. The van der Waals surface area contributed by atoms with Crippen LogP contribution in [0.25, 0.3) is 0 Å². The minimum absolute atomic E-state index is 0.304. The van der Waals surface area contributed by atoms with Crippen LogP contribution >= 0.6 is 0 Å². The summed E-state index contributed by atoms with van der Waals surface area (Å²) < 4.78 is 39.5. The standard InChI is InChI=1S/C17H21F3N2O3/c18-17(19,20)14(10-11-4-2-1-3-5-11)22-16(25)21-13-8-6-12(7-9-13)15(23)24/h1-5,12-14H,6-10H2,(H,23,24)(H2,21,22,25). The molecule has 0 heterocycles. The summed E-state index contributed by atoms with van der Waals surface area (Å²) in [5, 5.41) is 13.4. The molecule has 138 valence electrons. The third-order valence-electron chi connectivity index (χ3n) is 4.39. The molecule has 1 fully saturated rings. The number of aliphatic carboxylic acids is 1. The number of carbonyl (C=O) groups is 2. The Bertz CT molecular complexity index is 585. The minimum atomic E-state index is -4.56. The van der Waals surface area contributed by atoms with E-state index in [0.717, 1.165) is 0 Å². The Labute approximate surface area is 143 Å². The number of carbonyl (C=O) groups excluding carboxylic acids is 1. The summed E-state index contributed by atoms with van der Waals surface area (Å²) in [5.41, 5.74) is 0.479. The molecule has 2 rings (SSSR count). The zero-order valence-electron chi connectivity index (χ0n) is 13.6. The Morgan fingerprint density at radius 2 is 1.72 bits per heavy atom. The molecule has 1 aromatic rings. The van der Waals surface area contributed by atoms with Gasteiger partial charge in [0.05, 0.1) is 5.92 Å². The van der Waals surface area contributed by atoms with Crippen LogP contribution in [0.2, 0.25) is 0 Å². The summed E-state index contributed by atoms with van der Waals surface area (Å²) in [6.07, 6.45) is -3.20. The monoisotopic (exact) mass is 358 g/mol. The summed E-state index contributed by atoms with van der Waals surface area (Å²) in [6, 6.07) is 4.98. The highest BCUT2D eigenvalue weighted by Crippen LogP contribution is 2.25. The number of urea groups is 1. The van der Waals surface area contributed by atoms with Gasteiger partial charge < -0.3 is 15.7 Å². The van der Waals surface area contributed by atoms with Crippen LogP contribution in [0.4, 0.5) is 18.0 Å². The Morgan fingerprint density at radius 3 is 2.24 bits per heavy atom. The van der Waals surface area contributed by atoms with Gasteiger partial charge in [0.2, 0.25) is 0 Å². The number of rotatable bonds is 5. The lowest BCUT2D eigenvalue weighted by Gasteiger charge is -2.28. The van der Waals surface area contributed by atoms with Crippen molar-refractivity contribution in [3.63, 3.8) is 0 Å². The predicted octanol–water partition coefficient (Wildman–Crippen LogP) is 3.10. The van der Waals surface area contributed by atoms with E-state index in [1.807, 2.05) is 5.32 Å². The second-order valence-corrected chi connectivity index (χ2v) is 6.29. The zero-order chi connectivity index (χ0) is 18.4. The first kappa shape index (κ1) is 19.1. The number of nitrogens with one attached hydrogen (secondary N) is 2. The molecule has 0 saturated heterocycles. The molecule has 2 amide bonds. The van der Waals surface area contributed by atoms with Gasteiger partial charge in [0, 0.05) is 12.5 Å². The van der Waals surface area contributed by atoms with Crippen LogP contribution in [0, 0.1) is 5.92 Å². The van der Waals surface area contributed by atoms with Crippen molar-refractivity contribution in [1.82, 2.24) is 10.6 Å². The van der Waals surface area contributed by atoms with Crippen LogP contribution < -0.4 is 10.6 Å². The highest BCUT2D eigenvalue weighted by atomic mass is 19.4. The van der Waals surface area contributed by atoms with Crippen LogP contribution in [0.1, 0.15) is 31.2 Å². The van der Waals surface area contributed by atoms with Gasteiger partial charge in [0.25, 0.3) is 0 Å². The first-order valence-electron chi connectivity index (χ1n) is 8.16. The van der Waals surface area contributed by atoms with Crippen molar-refractivity contribution in [2.45, 2.75) is 50.4 Å². The van der Waals surface area contributed by atoms with Crippen LogP contribution in [0.5, 0.6) is 0 Å². The van der Waals surface area contributed by atoms with Gasteiger partial charge in [-0.15, -0.1) is 0 Å². The molecule has 3 N–H and O–H groups in total. The molecule has 0 radical (unpaired) electrons. The number of benzene rings is 1. The fraction of sp³-hybridized carbons (Fsp3) is 0.529. The van der Waals surface area contributed by atoms with Crippen molar-refractivity contribution in [3.8, 4) is 0 Å². The van der Waals surface area contributed by atoms with Gasteiger partial charge in [-0.2, -0.15) is 13.2 Å². The molecule has 1 atom stereocenters. The second-order valence-electron chi connectivity index (χ2n) is 6.29. The topological polar surface area (TPSA) is 78.4 Å². The molecule has 0 aliphatic heterocycles. The van der Waals surface area contributed by atoms with E-state index in [4.69, 9.17) is 5.11 Å². The Morgan fingerprint density at radius 1 is 1.12 bits per heavy atom. The molecule has 25 heavy (non-hydrogen) atoms. The van der Waals surface area contributed by atoms with Gasteiger partial charge in [-0.3, -0.25) is 4.79 Å². The van der Waals surface area contributed by atoms with E-state index in [1.165, 1.54) is 0 Å². The van der Waals surface area contributed by atoms with Gasteiger partial charge in [0.15, 0.2) is 0 Å². The molecule has 1 aliphatic rings. The molecule has 5 nitrogen and oxygen atoms in total. The quantitative estimate of drug-likeness (QED) is 0.757. The van der Waals surface area contributed by atoms with Crippen LogP contribution in [-0.2, 0) is 11.2 Å². The average molecular weight is 358 g/mol. The van der Waals surface area contributed by atoms with Crippen molar-refractivity contribution in [2.24, 2.45) is 5.92 Å². The molecule has 0 bridgehead atoms. The lowest BCUT2D eigenvalue weighted by molar-refractivity contribution is -0.153. The van der Waals surface area contributed by atoms with Crippen LogP contribution in [0.15, 0.2) is 30.3 Å². The van der Waals surface area contributed by atoms with Gasteiger partial charge >= 0.3 is 18.2 Å². The maximum atomic E-state index is 13.2. The van der Waals surface area contributed by atoms with Crippen molar-refractivity contribution >= 4 is 12.0 Å². The first-order valence-corrected chi connectivity index (χ1v) is 8.16. The maximum absolute atomic E-state index is 13.2. The number of alkyl halides is 3. The third-order valence-corrected chi connectivity index (χ3v) is 4.39. The number of amides is 2. The van der Waals surface area contributed by atoms with Crippen molar-refractivity contribution in [3.05, 3.63) is 35.9 Å². The van der Waals surface area contributed by atoms with Crippen molar-refractivity contribution < 1.29 is 27.9 Å². The Hall–Kier alpha value is -2.25. The lowest BCUT2D eigenvalue weighted by atomic mass is 9.86. The third kappa shape index (κ3) is 5.95. The van der Waals surface area contributed by atoms with E-state index in [-0.39, 0.29) is 12.5 Å². The Kier molecular flexibility index (Phi) is 6.27. The van der Waals surface area contributed by atoms with Crippen LogP contribution in [0.3, 0.4) is 0 Å². The van der Waals surface area contributed by atoms with Crippen molar-refractivity contribution in [1.29, 1.82) is 0 Å². The molecular formula is C17H21F3N2O3. The van der Waals surface area contributed by atoms with E-state index >= 15 is 0 Å². The number of hydrogen-bond acceptors (Lipinski definition) is 2. The molecule has 1 aliphatic carbocycles. The van der Waals surface area contributed by atoms with E-state index in [0.29, 0.717) is 31.2 Å². The smallest absolute Gasteiger partial charge is 0.408 e. The number of halogens is 3. The number of carboxylic acid groups (broad SMARTS) is 1. The Balaban J connectivity index is 1.88. The largest absolute Gasteiger partial charge is 0.481 e. The maximum Gasteiger partial charge on any atom is 0.408 e. The molecule has 8 heteroatoms. The van der Waals surface area contributed by atoms with E-state index in [2.05, 4.69) is 5.32 Å². The summed E-state index contributed by atoms with van der Waals surface area (Å²) in [6.45, 7) is 0. The second kappa shape index (κ2) is 8.22. The SMILES string of the molecule is O=C(NC1CCC(C(=O)O)CC1)NC(Cc1ccccc1)C(F)(F)F. The normalized spacial score (nSPS) is 22.0. The molecular weight excluding hydrogens is 337 g/mol. The predicted molar refractivity (Wildman–Crippen MR) is 85.0 cm³/mol. The van der Waals surface area contributed by atoms with Gasteiger partial charge in [-0.05, 0) is 31.2 Å². The summed E-state index contributed by atoms with van der Waals surface area (Å²) in [4.78, 5) is 22.8. The highest BCUT2D eigenvalue weighted by Gasteiger charge is 2.41. The molecule has 1 saturated carbocycles. The van der Waals surface area contributed by atoms with E-state index in [9.17, 15) is 22.8 Å². The molecule has 1 unspecified atom stereocenters. The summed E-state index contributed by atoms with van der Waals surface area (Å²) >= 11 is 0. The van der Waals surface area contributed by atoms with Crippen LogP contribution in [-0.4, -0.2) is 35.4 Å². The van der Waals surface area contributed by atoms with Gasteiger partial charge in [-0.1, -0.05) is 30.3 Å². The number of hydrogen-bond donors (Lipinski definition) is 3. The van der Waals surface area contributed by atoms with Gasteiger partial charge in [0.1, 0.15) is 6.04 Å². The fourth-order valence-electron chi connectivity index (χ4n) is 2.97. The first-order chi connectivity index (χ1) is 11.8. The molecule has 1 aromatic carbocycles. The van der Waals surface area contributed by atoms with E-state index < -0.39 is 30.1 Å². The number of carboxylic acids is 1.